The van der Waals surface area contributed by atoms with Crippen LogP contribution in [0.3, 0.4) is 0 Å². The number of hydrogen-bond donors (Lipinski definition) is 8. The molecule has 4 unspecified atom stereocenters. The first-order chi connectivity index (χ1) is 18.5. The number of nitrogens with two attached hydrogens (primary N) is 3. The van der Waals surface area contributed by atoms with Crippen molar-refractivity contribution in [3.63, 3.8) is 0 Å². The van der Waals surface area contributed by atoms with Gasteiger partial charge in [-0.2, -0.15) is 11.8 Å². The number of carboxylic acids is 1. The Morgan fingerprint density at radius 1 is 0.872 bits per heavy atom. The highest BCUT2D eigenvalue weighted by molar-refractivity contribution is 7.98. The molecule has 0 aromatic heterocycles. The standard InChI is InChI=1S/C25H40N6O7S/c1-39-13-11-18(23(35)30-19(25(37)38)9-10-21(28)33)29-24(36)20(14-15-5-7-16(32)8-6-15)31-22(34)17(27)4-2-3-12-26/h5-8,17-20,32H,2-4,9-14,26-27H2,1H3,(H2,28,33)(H,29,36)(H,30,35)(H,31,34)(H,37,38). The summed E-state index contributed by atoms with van der Waals surface area (Å²) < 4.78 is 0. The molecule has 1 aromatic rings. The van der Waals surface area contributed by atoms with E-state index < -0.39 is 53.8 Å². The van der Waals surface area contributed by atoms with Crippen molar-refractivity contribution < 1.29 is 34.2 Å². The van der Waals surface area contributed by atoms with Crippen molar-refractivity contribution in [1.82, 2.24) is 16.0 Å². The van der Waals surface area contributed by atoms with Crippen LogP contribution in [0.15, 0.2) is 24.3 Å². The number of amides is 4. The topological polar surface area (TPSA) is 240 Å². The first kappa shape index (κ1) is 33.7. The summed E-state index contributed by atoms with van der Waals surface area (Å²) in [5.74, 6) is -3.52. The largest absolute Gasteiger partial charge is 0.508 e. The second-order valence-corrected chi connectivity index (χ2v) is 10.1. The maximum atomic E-state index is 13.3. The Morgan fingerprint density at radius 3 is 2.03 bits per heavy atom. The van der Waals surface area contributed by atoms with Gasteiger partial charge in [0.1, 0.15) is 23.9 Å². The second kappa shape index (κ2) is 18.0. The highest BCUT2D eigenvalue weighted by Crippen LogP contribution is 2.12. The van der Waals surface area contributed by atoms with Crippen molar-refractivity contribution in [1.29, 1.82) is 0 Å². The van der Waals surface area contributed by atoms with Crippen molar-refractivity contribution in [3.8, 4) is 5.75 Å². The molecule has 0 saturated heterocycles. The van der Waals surface area contributed by atoms with E-state index in [1.54, 1.807) is 12.1 Å². The Balaban J connectivity index is 3.08. The average molecular weight is 569 g/mol. The average Bonchev–Trinajstić information content (AvgIpc) is 2.89. The van der Waals surface area contributed by atoms with Crippen LogP contribution in [0.4, 0.5) is 0 Å². The predicted molar refractivity (Wildman–Crippen MR) is 148 cm³/mol. The Hall–Kier alpha value is -3.36. The lowest BCUT2D eigenvalue weighted by Gasteiger charge is -2.25. The maximum absolute atomic E-state index is 13.3. The summed E-state index contributed by atoms with van der Waals surface area (Å²) in [6.07, 6.45) is 3.28. The quantitative estimate of drug-likeness (QED) is 0.0941. The number of phenols is 1. The molecule has 1 aromatic carbocycles. The van der Waals surface area contributed by atoms with Gasteiger partial charge in [0, 0.05) is 12.8 Å². The van der Waals surface area contributed by atoms with Crippen LogP contribution < -0.4 is 33.2 Å². The summed E-state index contributed by atoms with van der Waals surface area (Å²) in [5.41, 5.74) is 17.2. The van der Waals surface area contributed by atoms with Crippen molar-refractivity contribution in [2.45, 2.75) is 69.1 Å². The molecule has 0 saturated carbocycles. The fraction of sp³-hybridized carbons (Fsp3) is 0.560. The molecule has 1 rings (SSSR count). The van der Waals surface area contributed by atoms with Crippen molar-refractivity contribution in [3.05, 3.63) is 29.8 Å². The second-order valence-electron chi connectivity index (χ2n) is 9.07. The maximum Gasteiger partial charge on any atom is 0.326 e. The number of unbranched alkanes of at least 4 members (excludes halogenated alkanes) is 1. The molecule has 218 valence electrons. The molecule has 0 radical (unpaired) electrons. The van der Waals surface area contributed by atoms with Crippen LogP contribution in [-0.2, 0) is 30.4 Å². The fourth-order valence-electron chi connectivity index (χ4n) is 3.59. The lowest BCUT2D eigenvalue weighted by molar-refractivity contribution is -0.142. The minimum Gasteiger partial charge on any atom is -0.508 e. The number of thioether (sulfide) groups is 1. The molecule has 39 heavy (non-hydrogen) atoms. The van der Waals surface area contributed by atoms with E-state index in [0.29, 0.717) is 37.1 Å². The van der Waals surface area contributed by atoms with Crippen LogP contribution in [0.2, 0.25) is 0 Å². The number of phenolic OH excluding ortho intramolecular Hbond substituents is 1. The number of benzene rings is 1. The number of aliphatic carboxylic acids is 1. The van der Waals surface area contributed by atoms with Gasteiger partial charge in [-0.05, 0) is 61.9 Å². The van der Waals surface area contributed by atoms with Gasteiger partial charge in [-0.25, -0.2) is 4.79 Å². The number of nitrogens with one attached hydrogen (secondary N) is 3. The molecule has 4 atom stereocenters. The molecule has 0 spiro atoms. The smallest absolute Gasteiger partial charge is 0.326 e. The minimum absolute atomic E-state index is 0.0313. The summed E-state index contributed by atoms with van der Waals surface area (Å²) >= 11 is 1.42. The number of carboxylic acid groups (broad SMARTS) is 1. The predicted octanol–water partition coefficient (Wildman–Crippen LogP) is -1.05. The number of carbonyl (C=O) groups is 5. The lowest BCUT2D eigenvalue weighted by Crippen LogP contribution is -2.57. The molecular formula is C25H40N6O7S. The summed E-state index contributed by atoms with van der Waals surface area (Å²) in [6.45, 7) is 0.463. The molecule has 14 heteroatoms. The first-order valence-electron chi connectivity index (χ1n) is 12.6. The zero-order chi connectivity index (χ0) is 29.4. The van der Waals surface area contributed by atoms with E-state index >= 15 is 0 Å². The number of carbonyl (C=O) groups excluding carboxylic acids is 4. The molecule has 11 N–H and O–H groups in total. The summed E-state index contributed by atoms with van der Waals surface area (Å²) in [7, 11) is 0. The van der Waals surface area contributed by atoms with Gasteiger partial charge in [-0.3, -0.25) is 19.2 Å². The molecule has 0 fully saturated rings. The van der Waals surface area contributed by atoms with Crippen LogP contribution in [-0.4, -0.2) is 82.5 Å². The van der Waals surface area contributed by atoms with E-state index in [9.17, 15) is 34.2 Å². The zero-order valence-corrected chi connectivity index (χ0v) is 22.9. The van der Waals surface area contributed by atoms with Crippen LogP contribution in [0.25, 0.3) is 0 Å². The van der Waals surface area contributed by atoms with Crippen LogP contribution in [0.5, 0.6) is 5.75 Å². The molecular weight excluding hydrogens is 528 g/mol. The Labute approximate surface area is 232 Å². The van der Waals surface area contributed by atoms with E-state index in [1.165, 1.54) is 23.9 Å². The van der Waals surface area contributed by atoms with Gasteiger partial charge in [0.25, 0.3) is 0 Å². The molecule has 0 heterocycles. The van der Waals surface area contributed by atoms with Gasteiger partial charge in [0.15, 0.2) is 0 Å². The monoisotopic (exact) mass is 568 g/mol. The third-order valence-corrected chi connectivity index (χ3v) is 6.50. The molecule has 4 amide bonds. The van der Waals surface area contributed by atoms with Gasteiger partial charge in [0.05, 0.1) is 6.04 Å². The van der Waals surface area contributed by atoms with Gasteiger partial charge in [-0.15, -0.1) is 0 Å². The van der Waals surface area contributed by atoms with Crippen molar-refractivity contribution >= 4 is 41.4 Å². The van der Waals surface area contributed by atoms with Gasteiger partial charge >= 0.3 is 5.97 Å². The summed E-state index contributed by atoms with van der Waals surface area (Å²) in [6, 6.07) is 1.60. The minimum atomic E-state index is -1.38. The SMILES string of the molecule is CSCCC(NC(=O)C(Cc1ccc(O)cc1)NC(=O)C(N)CCCCN)C(=O)NC(CCC(N)=O)C(=O)O. The third kappa shape index (κ3) is 13.3. The van der Waals surface area contributed by atoms with E-state index in [1.807, 2.05) is 6.26 Å². The molecule has 0 aliphatic heterocycles. The number of primary amides is 1. The summed E-state index contributed by atoms with van der Waals surface area (Å²) in [5, 5.41) is 26.6. The highest BCUT2D eigenvalue weighted by atomic mass is 32.2. The molecule has 0 aliphatic rings. The fourth-order valence-corrected chi connectivity index (χ4v) is 4.06. The Bertz CT molecular complexity index is 963. The number of aromatic hydroxyl groups is 1. The van der Waals surface area contributed by atoms with Crippen molar-refractivity contribution in [2.75, 3.05) is 18.6 Å². The molecule has 13 nitrogen and oxygen atoms in total. The van der Waals surface area contributed by atoms with Gasteiger partial charge < -0.3 is 43.4 Å². The van der Waals surface area contributed by atoms with Crippen LogP contribution >= 0.6 is 11.8 Å². The van der Waals surface area contributed by atoms with Gasteiger partial charge in [-0.1, -0.05) is 18.6 Å². The van der Waals surface area contributed by atoms with E-state index in [4.69, 9.17) is 17.2 Å². The number of rotatable bonds is 19. The first-order valence-corrected chi connectivity index (χ1v) is 14.0. The molecule has 0 aliphatic carbocycles. The van der Waals surface area contributed by atoms with E-state index in [2.05, 4.69) is 16.0 Å². The van der Waals surface area contributed by atoms with Crippen LogP contribution in [0, 0.1) is 0 Å². The van der Waals surface area contributed by atoms with Crippen LogP contribution in [0.1, 0.15) is 44.1 Å². The number of hydrogen-bond acceptors (Lipinski definition) is 9. The normalized spacial score (nSPS) is 13.9. The summed E-state index contributed by atoms with van der Waals surface area (Å²) in [4.78, 5) is 61.7. The zero-order valence-electron chi connectivity index (χ0n) is 22.1. The highest BCUT2D eigenvalue weighted by Gasteiger charge is 2.30. The lowest BCUT2D eigenvalue weighted by atomic mass is 10.0. The Morgan fingerprint density at radius 2 is 1.46 bits per heavy atom. The van der Waals surface area contributed by atoms with Crippen molar-refractivity contribution in [2.24, 2.45) is 17.2 Å². The Kier molecular flexibility index (Phi) is 15.6. The van der Waals surface area contributed by atoms with Gasteiger partial charge in [0.2, 0.25) is 23.6 Å². The van der Waals surface area contributed by atoms with E-state index in [0.717, 1.165) is 0 Å². The van der Waals surface area contributed by atoms with E-state index in [-0.39, 0.29) is 31.4 Å². The third-order valence-electron chi connectivity index (χ3n) is 5.85. The molecule has 0 bridgehead atoms.